The predicted molar refractivity (Wildman–Crippen MR) is 78.2 cm³/mol. The van der Waals surface area contributed by atoms with Crippen molar-refractivity contribution in [1.29, 1.82) is 0 Å². The van der Waals surface area contributed by atoms with Crippen LogP contribution in [0.3, 0.4) is 0 Å². The van der Waals surface area contributed by atoms with Gasteiger partial charge in [-0.05, 0) is 18.6 Å². The minimum absolute atomic E-state index is 0.203. The third-order valence-electron chi connectivity index (χ3n) is 2.92. The van der Waals surface area contributed by atoms with E-state index >= 15 is 0 Å². The van der Waals surface area contributed by atoms with E-state index in [1.807, 2.05) is 6.92 Å². The number of furan rings is 1. The third-order valence-corrected chi connectivity index (χ3v) is 3.78. The van der Waals surface area contributed by atoms with Crippen molar-refractivity contribution in [3.05, 3.63) is 29.5 Å². The number of hydrogen-bond acceptors (Lipinski definition) is 5. The number of carbonyl (C=O) groups excluding carboxylic acids is 1. The second-order valence-corrected chi connectivity index (χ2v) is 5.38. The molecule has 0 aliphatic carbocycles. The highest BCUT2D eigenvalue weighted by Crippen LogP contribution is 2.23. The van der Waals surface area contributed by atoms with Gasteiger partial charge in [-0.15, -0.1) is 11.3 Å². The molecule has 7 heteroatoms. The molecule has 6 nitrogen and oxygen atoms in total. The number of carboxylic acids is 1. The van der Waals surface area contributed by atoms with Crippen LogP contribution in [-0.4, -0.2) is 28.0 Å². The lowest BCUT2D eigenvalue weighted by Crippen LogP contribution is -2.40. The molecule has 112 valence electrons. The summed E-state index contributed by atoms with van der Waals surface area (Å²) in [6.45, 7) is 1.97. The van der Waals surface area contributed by atoms with Crippen molar-refractivity contribution >= 4 is 23.2 Å². The molecule has 0 saturated carbocycles. The normalized spacial score (nSPS) is 12.0. The average Bonchev–Trinajstić information content (AvgIpc) is 3.12. The van der Waals surface area contributed by atoms with Crippen molar-refractivity contribution in [3.8, 4) is 10.8 Å². The first-order valence-corrected chi connectivity index (χ1v) is 7.53. The van der Waals surface area contributed by atoms with E-state index in [0.29, 0.717) is 17.2 Å². The second kappa shape index (κ2) is 7.03. The Hall–Kier alpha value is -2.15. The van der Waals surface area contributed by atoms with Gasteiger partial charge < -0.3 is 14.8 Å². The third kappa shape index (κ3) is 3.91. The van der Waals surface area contributed by atoms with Gasteiger partial charge in [0.2, 0.25) is 0 Å². The van der Waals surface area contributed by atoms with Crippen molar-refractivity contribution in [2.45, 2.75) is 32.2 Å². The Kier molecular flexibility index (Phi) is 5.10. The van der Waals surface area contributed by atoms with Crippen LogP contribution in [0.5, 0.6) is 0 Å². The molecule has 0 aliphatic heterocycles. The summed E-state index contributed by atoms with van der Waals surface area (Å²) in [6.07, 6.45) is 3.55. The lowest BCUT2D eigenvalue weighted by molar-refractivity contribution is -0.139. The van der Waals surface area contributed by atoms with Crippen molar-refractivity contribution in [2.75, 3.05) is 0 Å². The minimum atomic E-state index is -1.03. The van der Waals surface area contributed by atoms with E-state index in [0.717, 1.165) is 12.8 Å². The van der Waals surface area contributed by atoms with E-state index < -0.39 is 17.9 Å². The Morgan fingerprint density at radius 1 is 1.52 bits per heavy atom. The fraction of sp³-hybridized carbons (Fsp3) is 0.357. The summed E-state index contributed by atoms with van der Waals surface area (Å²) < 4.78 is 5.21. The number of nitrogens with one attached hydrogen (secondary N) is 1. The van der Waals surface area contributed by atoms with E-state index in [1.54, 1.807) is 17.5 Å². The number of thiazole rings is 1. The lowest BCUT2D eigenvalue weighted by Gasteiger charge is -2.12. The average molecular weight is 308 g/mol. The molecule has 0 aliphatic rings. The largest absolute Gasteiger partial charge is 0.480 e. The molecule has 21 heavy (non-hydrogen) atoms. The zero-order chi connectivity index (χ0) is 15.2. The number of carboxylic acid groups (broad SMARTS) is 1. The van der Waals surface area contributed by atoms with Gasteiger partial charge in [-0.1, -0.05) is 19.8 Å². The Balaban J connectivity index is 2.04. The van der Waals surface area contributed by atoms with E-state index in [9.17, 15) is 9.59 Å². The first kappa shape index (κ1) is 15.2. The highest BCUT2D eigenvalue weighted by molar-refractivity contribution is 7.13. The van der Waals surface area contributed by atoms with Gasteiger partial charge in [-0.25, -0.2) is 9.78 Å². The molecule has 2 rings (SSSR count). The van der Waals surface area contributed by atoms with E-state index in [1.165, 1.54) is 17.6 Å². The molecule has 2 N–H and O–H groups in total. The number of aromatic nitrogens is 1. The van der Waals surface area contributed by atoms with Gasteiger partial charge >= 0.3 is 5.97 Å². The maximum Gasteiger partial charge on any atom is 0.326 e. The number of amides is 1. The zero-order valence-corrected chi connectivity index (χ0v) is 12.4. The molecule has 2 aromatic heterocycles. The summed E-state index contributed by atoms with van der Waals surface area (Å²) in [5.41, 5.74) is 0.203. The Bertz CT molecular complexity index is 606. The fourth-order valence-electron chi connectivity index (χ4n) is 1.79. The summed E-state index contributed by atoms with van der Waals surface area (Å²) in [5, 5.41) is 13.8. The Morgan fingerprint density at radius 3 is 2.95 bits per heavy atom. The van der Waals surface area contributed by atoms with Gasteiger partial charge in [0, 0.05) is 5.38 Å². The molecule has 0 aromatic carbocycles. The van der Waals surface area contributed by atoms with Crippen LogP contribution in [0.1, 0.15) is 36.7 Å². The monoisotopic (exact) mass is 308 g/mol. The molecule has 0 fully saturated rings. The summed E-state index contributed by atoms with van der Waals surface area (Å²) in [7, 11) is 0. The molecule has 1 unspecified atom stereocenters. The van der Waals surface area contributed by atoms with Crippen LogP contribution in [-0.2, 0) is 4.79 Å². The van der Waals surface area contributed by atoms with Crippen LogP contribution in [0.2, 0.25) is 0 Å². The number of hydrogen-bond donors (Lipinski definition) is 2. The first-order chi connectivity index (χ1) is 10.1. The van der Waals surface area contributed by atoms with Crippen LogP contribution in [0.15, 0.2) is 28.2 Å². The summed E-state index contributed by atoms with van der Waals surface area (Å²) in [6, 6.07) is 2.61. The smallest absolute Gasteiger partial charge is 0.326 e. The number of nitrogens with zero attached hydrogens (tertiary/aromatic N) is 1. The Labute approximate surface area is 125 Å². The summed E-state index contributed by atoms with van der Waals surface area (Å²) >= 11 is 1.28. The number of rotatable bonds is 7. The quantitative estimate of drug-likeness (QED) is 0.820. The van der Waals surface area contributed by atoms with Crippen LogP contribution in [0.25, 0.3) is 10.8 Å². The van der Waals surface area contributed by atoms with Crippen molar-refractivity contribution < 1.29 is 19.1 Å². The molecule has 1 amide bonds. The van der Waals surface area contributed by atoms with Crippen LogP contribution in [0, 0.1) is 0 Å². The number of aliphatic carboxylic acids is 1. The summed E-state index contributed by atoms with van der Waals surface area (Å²) in [5.74, 6) is -0.925. The van der Waals surface area contributed by atoms with Gasteiger partial charge in [-0.2, -0.15) is 0 Å². The van der Waals surface area contributed by atoms with Crippen molar-refractivity contribution in [1.82, 2.24) is 10.3 Å². The van der Waals surface area contributed by atoms with Gasteiger partial charge in [0.25, 0.3) is 5.91 Å². The van der Waals surface area contributed by atoms with E-state index in [2.05, 4.69) is 10.3 Å². The van der Waals surface area contributed by atoms with E-state index in [4.69, 9.17) is 9.52 Å². The molecular weight excluding hydrogens is 292 g/mol. The lowest BCUT2D eigenvalue weighted by atomic mass is 10.1. The maximum atomic E-state index is 12.0. The number of carbonyl (C=O) groups is 2. The molecule has 0 saturated heterocycles. The van der Waals surface area contributed by atoms with Crippen LogP contribution < -0.4 is 5.32 Å². The zero-order valence-electron chi connectivity index (χ0n) is 11.5. The highest BCUT2D eigenvalue weighted by Gasteiger charge is 2.21. The van der Waals surface area contributed by atoms with Gasteiger partial charge in [-0.3, -0.25) is 4.79 Å². The summed E-state index contributed by atoms with van der Waals surface area (Å²) in [4.78, 5) is 27.3. The highest BCUT2D eigenvalue weighted by atomic mass is 32.1. The molecule has 1 atom stereocenters. The molecule has 0 radical (unpaired) electrons. The molecular formula is C14H16N2O4S. The Morgan fingerprint density at radius 2 is 2.33 bits per heavy atom. The fourth-order valence-corrected chi connectivity index (χ4v) is 2.56. The van der Waals surface area contributed by atoms with E-state index in [-0.39, 0.29) is 5.69 Å². The SMILES string of the molecule is CCCCC(NC(=O)c1csc(-c2ccco2)n1)C(=O)O. The van der Waals surface area contributed by atoms with Crippen LogP contribution >= 0.6 is 11.3 Å². The van der Waals surface area contributed by atoms with Gasteiger partial charge in [0.05, 0.1) is 6.26 Å². The molecule has 2 heterocycles. The standard InChI is InChI=1S/C14H16N2O4S/c1-2-3-5-9(14(18)19)15-12(17)10-8-21-13(16-10)11-6-4-7-20-11/h4,6-9H,2-3,5H2,1H3,(H,15,17)(H,18,19). The van der Waals surface area contributed by atoms with Crippen LogP contribution in [0.4, 0.5) is 0 Å². The van der Waals surface area contributed by atoms with Gasteiger partial charge in [0.1, 0.15) is 11.7 Å². The van der Waals surface area contributed by atoms with Gasteiger partial charge in [0.15, 0.2) is 10.8 Å². The number of unbranched alkanes of at least 4 members (excludes halogenated alkanes) is 1. The van der Waals surface area contributed by atoms with Crippen molar-refractivity contribution in [2.24, 2.45) is 0 Å². The minimum Gasteiger partial charge on any atom is -0.480 e. The topological polar surface area (TPSA) is 92.4 Å². The molecule has 0 bridgehead atoms. The first-order valence-electron chi connectivity index (χ1n) is 6.65. The second-order valence-electron chi connectivity index (χ2n) is 4.52. The maximum absolute atomic E-state index is 12.0. The van der Waals surface area contributed by atoms with Crippen molar-refractivity contribution in [3.63, 3.8) is 0 Å². The molecule has 2 aromatic rings. The predicted octanol–water partition coefficient (Wildman–Crippen LogP) is 2.78. The molecule has 0 spiro atoms.